The summed E-state index contributed by atoms with van der Waals surface area (Å²) in [6.07, 6.45) is 5.38. The second-order valence-corrected chi connectivity index (χ2v) is 6.01. The number of halogens is 1. The molecular weight excluding hydrogens is 322 g/mol. The summed E-state index contributed by atoms with van der Waals surface area (Å²) < 4.78 is 2.65. The number of hydrogen-bond donors (Lipinski definition) is 2. The minimum absolute atomic E-state index is 0.0243. The number of amides is 1. The van der Waals surface area contributed by atoms with Crippen LogP contribution in [0.5, 0.6) is 0 Å². The van der Waals surface area contributed by atoms with Crippen LogP contribution in [0.3, 0.4) is 0 Å². The van der Waals surface area contributed by atoms with Gasteiger partial charge in [0.1, 0.15) is 0 Å². The van der Waals surface area contributed by atoms with Crippen molar-refractivity contribution in [2.75, 3.05) is 5.32 Å². The zero-order valence-corrected chi connectivity index (χ0v) is 12.5. The maximum atomic E-state index is 11.1. The van der Waals surface area contributed by atoms with E-state index in [1.807, 2.05) is 18.3 Å². The van der Waals surface area contributed by atoms with Crippen molar-refractivity contribution in [1.29, 1.82) is 0 Å². The van der Waals surface area contributed by atoms with E-state index >= 15 is 0 Å². The zero-order valence-electron chi connectivity index (χ0n) is 10.9. The van der Waals surface area contributed by atoms with E-state index in [0.29, 0.717) is 12.0 Å². The van der Waals surface area contributed by atoms with Crippen molar-refractivity contribution in [3.63, 3.8) is 0 Å². The van der Waals surface area contributed by atoms with Crippen LogP contribution in [-0.2, 0) is 4.79 Å². The van der Waals surface area contributed by atoms with Gasteiger partial charge in [0.2, 0.25) is 11.9 Å². The van der Waals surface area contributed by atoms with E-state index < -0.39 is 0 Å². The van der Waals surface area contributed by atoms with Crippen molar-refractivity contribution < 1.29 is 4.79 Å². The van der Waals surface area contributed by atoms with Gasteiger partial charge in [0, 0.05) is 18.2 Å². The van der Waals surface area contributed by atoms with Gasteiger partial charge in [0.05, 0.1) is 4.47 Å². The van der Waals surface area contributed by atoms with Crippen molar-refractivity contribution in [3.8, 4) is 0 Å². The molecule has 1 amide bonds. The predicted molar refractivity (Wildman–Crippen MR) is 79.3 cm³/mol. The fourth-order valence-electron chi connectivity index (χ4n) is 2.64. The standard InChI is InChI=1S/C13H16BrN5O/c14-10-2-1-7-19-12(10)17-13(18-19)16-9-5-3-8(4-6-9)11(15)20/h1-2,7-9H,3-6H2,(H2,15,20)(H,16,18). The van der Waals surface area contributed by atoms with E-state index in [-0.39, 0.29) is 11.8 Å². The first-order valence-corrected chi connectivity index (χ1v) is 7.49. The molecule has 20 heavy (non-hydrogen) atoms. The summed E-state index contributed by atoms with van der Waals surface area (Å²) in [6, 6.07) is 4.15. The number of anilines is 1. The van der Waals surface area contributed by atoms with Gasteiger partial charge in [-0.1, -0.05) is 0 Å². The molecule has 7 heteroatoms. The lowest BCUT2D eigenvalue weighted by Crippen LogP contribution is -2.32. The number of hydrogen-bond acceptors (Lipinski definition) is 4. The quantitative estimate of drug-likeness (QED) is 0.896. The van der Waals surface area contributed by atoms with Crippen molar-refractivity contribution in [2.24, 2.45) is 11.7 Å². The number of fused-ring (bicyclic) bond motifs is 1. The first kappa shape index (κ1) is 13.4. The number of carbonyl (C=O) groups is 1. The maximum Gasteiger partial charge on any atom is 0.243 e. The smallest absolute Gasteiger partial charge is 0.243 e. The molecule has 3 N–H and O–H groups in total. The highest BCUT2D eigenvalue weighted by Crippen LogP contribution is 2.26. The Morgan fingerprint density at radius 1 is 1.40 bits per heavy atom. The molecule has 0 radical (unpaired) electrons. The van der Waals surface area contributed by atoms with Crippen LogP contribution in [0.4, 0.5) is 5.95 Å². The number of nitrogens with one attached hydrogen (secondary N) is 1. The number of primary amides is 1. The minimum atomic E-state index is -0.182. The van der Waals surface area contributed by atoms with Crippen LogP contribution in [-0.4, -0.2) is 26.5 Å². The van der Waals surface area contributed by atoms with Gasteiger partial charge in [-0.05, 0) is 53.7 Å². The van der Waals surface area contributed by atoms with Crippen LogP contribution < -0.4 is 11.1 Å². The predicted octanol–water partition coefficient (Wildman–Crippen LogP) is 1.95. The fourth-order valence-corrected chi connectivity index (χ4v) is 3.06. The maximum absolute atomic E-state index is 11.1. The Morgan fingerprint density at radius 2 is 2.15 bits per heavy atom. The normalized spacial score (nSPS) is 22.9. The molecule has 3 rings (SSSR count). The van der Waals surface area contributed by atoms with Crippen molar-refractivity contribution in [1.82, 2.24) is 14.6 Å². The molecule has 0 unspecified atom stereocenters. The van der Waals surface area contributed by atoms with E-state index in [0.717, 1.165) is 35.8 Å². The Morgan fingerprint density at radius 3 is 2.80 bits per heavy atom. The molecule has 106 valence electrons. The monoisotopic (exact) mass is 337 g/mol. The first-order chi connectivity index (χ1) is 9.63. The Hall–Kier alpha value is -1.63. The van der Waals surface area contributed by atoms with Gasteiger partial charge in [0.25, 0.3) is 0 Å². The van der Waals surface area contributed by atoms with Gasteiger partial charge in [-0.3, -0.25) is 4.79 Å². The molecular formula is C13H16BrN5O. The molecule has 1 aliphatic carbocycles. The molecule has 0 atom stereocenters. The fraction of sp³-hybridized carbons (Fsp3) is 0.462. The largest absolute Gasteiger partial charge is 0.369 e. The summed E-state index contributed by atoms with van der Waals surface area (Å²) in [5.41, 5.74) is 6.13. The van der Waals surface area contributed by atoms with Gasteiger partial charge in [-0.25, -0.2) is 4.52 Å². The summed E-state index contributed by atoms with van der Waals surface area (Å²) in [5.74, 6) is 0.467. The number of pyridine rings is 1. The third-order valence-corrected chi connectivity index (χ3v) is 4.40. The van der Waals surface area contributed by atoms with Gasteiger partial charge in [-0.2, -0.15) is 4.98 Å². The lowest BCUT2D eigenvalue weighted by atomic mass is 9.86. The molecule has 2 aromatic rings. The van der Waals surface area contributed by atoms with Gasteiger partial charge < -0.3 is 11.1 Å². The SMILES string of the molecule is NC(=O)C1CCC(Nc2nc3c(Br)cccn3n2)CC1. The molecule has 0 saturated heterocycles. The van der Waals surface area contributed by atoms with E-state index in [4.69, 9.17) is 5.73 Å². The van der Waals surface area contributed by atoms with Crippen LogP contribution in [0, 0.1) is 5.92 Å². The first-order valence-electron chi connectivity index (χ1n) is 6.70. The molecule has 6 nitrogen and oxygen atoms in total. The Balaban J connectivity index is 1.68. The topological polar surface area (TPSA) is 85.3 Å². The lowest BCUT2D eigenvalue weighted by Gasteiger charge is -2.26. The molecule has 0 aromatic carbocycles. The van der Waals surface area contributed by atoms with Gasteiger partial charge in [0.15, 0.2) is 5.65 Å². The average molecular weight is 338 g/mol. The van der Waals surface area contributed by atoms with Crippen LogP contribution >= 0.6 is 15.9 Å². The molecule has 0 aliphatic heterocycles. The molecule has 1 aliphatic rings. The van der Waals surface area contributed by atoms with Crippen molar-refractivity contribution >= 4 is 33.4 Å². The summed E-state index contributed by atoms with van der Waals surface area (Å²) in [4.78, 5) is 15.6. The molecule has 2 heterocycles. The van der Waals surface area contributed by atoms with E-state index in [1.165, 1.54) is 0 Å². The summed E-state index contributed by atoms with van der Waals surface area (Å²) in [5, 5.41) is 7.74. The molecule has 1 fully saturated rings. The van der Waals surface area contributed by atoms with E-state index in [1.54, 1.807) is 4.52 Å². The van der Waals surface area contributed by atoms with Crippen LogP contribution in [0.1, 0.15) is 25.7 Å². The summed E-state index contributed by atoms with van der Waals surface area (Å²) in [6.45, 7) is 0. The highest BCUT2D eigenvalue weighted by Gasteiger charge is 2.25. The highest BCUT2D eigenvalue weighted by molar-refractivity contribution is 9.10. The van der Waals surface area contributed by atoms with Crippen molar-refractivity contribution in [3.05, 3.63) is 22.8 Å². The van der Waals surface area contributed by atoms with E-state index in [2.05, 4.69) is 31.3 Å². The Bertz CT molecular complexity index is 633. The Kier molecular flexibility index (Phi) is 3.60. The lowest BCUT2D eigenvalue weighted by molar-refractivity contribution is -0.122. The third-order valence-electron chi connectivity index (χ3n) is 3.78. The molecule has 2 aromatic heterocycles. The van der Waals surface area contributed by atoms with E-state index in [9.17, 15) is 4.79 Å². The van der Waals surface area contributed by atoms with Crippen LogP contribution in [0.25, 0.3) is 5.65 Å². The summed E-state index contributed by atoms with van der Waals surface area (Å²) in [7, 11) is 0. The van der Waals surface area contributed by atoms with Crippen LogP contribution in [0.15, 0.2) is 22.8 Å². The van der Waals surface area contributed by atoms with Crippen LogP contribution in [0.2, 0.25) is 0 Å². The number of aromatic nitrogens is 3. The number of carbonyl (C=O) groups excluding carboxylic acids is 1. The van der Waals surface area contributed by atoms with Gasteiger partial charge >= 0.3 is 0 Å². The molecule has 1 saturated carbocycles. The number of rotatable bonds is 3. The van der Waals surface area contributed by atoms with Crippen molar-refractivity contribution in [2.45, 2.75) is 31.7 Å². The third kappa shape index (κ3) is 2.63. The molecule has 0 bridgehead atoms. The number of nitrogens with zero attached hydrogens (tertiary/aromatic N) is 3. The highest BCUT2D eigenvalue weighted by atomic mass is 79.9. The number of nitrogens with two attached hydrogens (primary N) is 1. The molecule has 0 spiro atoms. The second kappa shape index (κ2) is 5.40. The zero-order chi connectivity index (χ0) is 14.1. The average Bonchev–Trinajstić information content (AvgIpc) is 2.83. The minimum Gasteiger partial charge on any atom is -0.369 e. The second-order valence-electron chi connectivity index (χ2n) is 5.15. The van der Waals surface area contributed by atoms with Gasteiger partial charge in [-0.15, -0.1) is 5.10 Å². The summed E-state index contributed by atoms with van der Waals surface area (Å²) >= 11 is 3.46. The Labute approximate surface area is 124 Å².